The topological polar surface area (TPSA) is 74.4 Å². The van der Waals surface area contributed by atoms with Crippen LogP contribution >= 0.6 is 23.2 Å². The molecule has 2 rings (SSSR count). The number of anilines is 1. The van der Waals surface area contributed by atoms with E-state index in [9.17, 15) is 13.6 Å². The maximum absolute atomic E-state index is 13.5. The van der Waals surface area contributed by atoms with Gasteiger partial charge in [-0.2, -0.15) is 0 Å². The van der Waals surface area contributed by atoms with E-state index < -0.39 is 18.0 Å². The Hall–Kier alpha value is -2.12. The molecular weight excluding hydrogens is 365 g/mol. The molecule has 0 unspecified atom stereocenters. The normalized spacial score (nSPS) is 10.8. The molecule has 1 aromatic heterocycles. The van der Waals surface area contributed by atoms with Gasteiger partial charge in [-0.25, -0.2) is 18.6 Å². The van der Waals surface area contributed by atoms with Gasteiger partial charge in [-0.3, -0.25) is 0 Å². The monoisotopic (exact) mass is 376 g/mol. The molecule has 0 aliphatic heterocycles. The van der Waals surface area contributed by atoms with Crippen molar-refractivity contribution in [2.75, 3.05) is 20.0 Å². The van der Waals surface area contributed by atoms with Gasteiger partial charge in [-0.05, 0) is 12.1 Å². The molecule has 2 aromatic rings. The summed E-state index contributed by atoms with van der Waals surface area (Å²) in [6.07, 6.45) is -2.89. The third-order valence-electron chi connectivity index (χ3n) is 3.21. The van der Waals surface area contributed by atoms with Crippen molar-refractivity contribution in [2.45, 2.75) is 6.43 Å². The van der Waals surface area contributed by atoms with E-state index in [1.165, 1.54) is 25.3 Å². The fourth-order valence-corrected chi connectivity index (χ4v) is 2.56. The van der Waals surface area contributed by atoms with E-state index in [4.69, 9.17) is 33.7 Å². The zero-order valence-corrected chi connectivity index (χ0v) is 14.1. The highest BCUT2D eigenvalue weighted by atomic mass is 35.5. The summed E-state index contributed by atoms with van der Waals surface area (Å²) >= 11 is 11.8. The van der Waals surface area contributed by atoms with Crippen LogP contribution in [0.25, 0.3) is 11.3 Å². The number of pyridine rings is 1. The van der Waals surface area contributed by atoms with Crippen LogP contribution < -0.4 is 10.5 Å². The quantitative estimate of drug-likeness (QED) is 0.801. The molecule has 24 heavy (non-hydrogen) atoms. The number of hydrogen-bond donors (Lipinski definition) is 1. The second-order valence-electron chi connectivity index (χ2n) is 4.59. The highest BCUT2D eigenvalue weighted by Crippen LogP contribution is 2.42. The summed E-state index contributed by atoms with van der Waals surface area (Å²) in [5.41, 5.74) is 5.04. The first-order chi connectivity index (χ1) is 11.3. The average Bonchev–Trinajstić information content (AvgIpc) is 2.55. The fourth-order valence-electron chi connectivity index (χ4n) is 2.14. The molecule has 0 saturated heterocycles. The second kappa shape index (κ2) is 7.19. The van der Waals surface area contributed by atoms with Crippen LogP contribution in [0.15, 0.2) is 18.2 Å². The molecule has 0 radical (unpaired) electrons. The summed E-state index contributed by atoms with van der Waals surface area (Å²) in [5, 5.41) is -0.100. The number of hydrogen-bond acceptors (Lipinski definition) is 5. The fraction of sp³-hybridized carbons (Fsp3) is 0.200. The van der Waals surface area contributed by atoms with Gasteiger partial charge >= 0.3 is 5.97 Å². The minimum absolute atomic E-state index is 0.00352. The predicted octanol–water partition coefficient (Wildman–Crippen LogP) is 4.37. The molecule has 0 saturated carbocycles. The Morgan fingerprint density at radius 1 is 1.29 bits per heavy atom. The Kier molecular flexibility index (Phi) is 5.46. The lowest BCUT2D eigenvalue weighted by molar-refractivity contribution is 0.0594. The number of nitrogen functional groups attached to an aromatic ring is 1. The van der Waals surface area contributed by atoms with Crippen molar-refractivity contribution in [3.63, 3.8) is 0 Å². The third kappa shape index (κ3) is 3.22. The minimum atomic E-state index is -2.89. The van der Waals surface area contributed by atoms with Crippen LogP contribution in [0.4, 0.5) is 14.5 Å². The highest BCUT2D eigenvalue weighted by molar-refractivity contribution is 6.35. The van der Waals surface area contributed by atoms with Crippen molar-refractivity contribution in [1.29, 1.82) is 0 Å². The third-order valence-corrected chi connectivity index (χ3v) is 3.91. The number of carbonyl (C=O) groups excluding carboxylic acids is 1. The number of carbonyl (C=O) groups is 1. The maximum atomic E-state index is 13.5. The van der Waals surface area contributed by atoms with Gasteiger partial charge in [-0.15, -0.1) is 0 Å². The molecule has 0 atom stereocenters. The maximum Gasteiger partial charge on any atom is 0.358 e. The van der Waals surface area contributed by atoms with E-state index in [0.717, 1.165) is 7.11 Å². The number of halogens is 4. The molecule has 0 amide bonds. The summed E-state index contributed by atoms with van der Waals surface area (Å²) in [4.78, 5) is 15.8. The van der Waals surface area contributed by atoms with E-state index in [-0.39, 0.29) is 38.4 Å². The Balaban J connectivity index is 2.78. The first-order valence-corrected chi connectivity index (χ1v) is 7.26. The van der Waals surface area contributed by atoms with Crippen LogP contribution in [0.2, 0.25) is 10.0 Å². The van der Waals surface area contributed by atoms with Gasteiger partial charge in [0.2, 0.25) is 0 Å². The molecule has 0 spiro atoms. The zero-order chi connectivity index (χ0) is 18.0. The van der Waals surface area contributed by atoms with Crippen molar-refractivity contribution in [3.05, 3.63) is 39.5 Å². The number of methoxy groups -OCH3 is 2. The van der Waals surface area contributed by atoms with Gasteiger partial charge in [0.1, 0.15) is 5.75 Å². The molecule has 9 heteroatoms. The van der Waals surface area contributed by atoms with Crippen molar-refractivity contribution in [1.82, 2.24) is 4.98 Å². The number of aromatic nitrogens is 1. The molecule has 0 aliphatic rings. The standard InChI is InChI=1S/C15H12Cl2F2N2O3/c1-23-13-7(16)4-3-6(10(13)14(18)19)9-5-8(20)11(17)12(21-9)15(22)24-2/h3-5,14H,1-2H3,(H2,20,21). The number of nitrogens with two attached hydrogens (primary N) is 1. The van der Waals surface area contributed by atoms with Crippen molar-refractivity contribution >= 4 is 34.9 Å². The van der Waals surface area contributed by atoms with Gasteiger partial charge in [-0.1, -0.05) is 29.3 Å². The highest BCUT2D eigenvalue weighted by Gasteiger charge is 2.25. The number of benzene rings is 1. The molecule has 5 nitrogen and oxygen atoms in total. The zero-order valence-electron chi connectivity index (χ0n) is 12.6. The predicted molar refractivity (Wildman–Crippen MR) is 87.0 cm³/mol. The number of esters is 1. The molecule has 1 heterocycles. The first kappa shape index (κ1) is 18.2. The van der Waals surface area contributed by atoms with Gasteiger partial charge in [0, 0.05) is 5.56 Å². The SMILES string of the molecule is COC(=O)c1nc(-c2ccc(Cl)c(OC)c2C(F)F)cc(N)c1Cl. The lowest BCUT2D eigenvalue weighted by atomic mass is 10.0. The Bertz CT molecular complexity index is 801. The van der Waals surface area contributed by atoms with Gasteiger partial charge in [0.05, 0.1) is 41.2 Å². The minimum Gasteiger partial charge on any atom is -0.495 e. The van der Waals surface area contributed by atoms with Crippen LogP contribution in [0, 0.1) is 0 Å². The Labute approximate surface area is 146 Å². The van der Waals surface area contributed by atoms with Crippen molar-refractivity contribution in [2.24, 2.45) is 0 Å². The molecule has 0 aliphatic carbocycles. The first-order valence-electron chi connectivity index (χ1n) is 6.51. The molecule has 0 bridgehead atoms. The number of alkyl halides is 2. The Morgan fingerprint density at radius 3 is 2.50 bits per heavy atom. The molecule has 1 aromatic carbocycles. The van der Waals surface area contributed by atoms with Crippen molar-refractivity contribution < 1.29 is 23.0 Å². The van der Waals surface area contributed by atoms with Crippen LogP contribution in [0.3, 0.4) is 0 Å². The Morgan fingerprint density at radius 2 is 1.96 bits per heavy atom. The van der Waals surface area contributed by atoms with E-state index in [1.54, 1.807) is 0 Å². The largest absolute Gasteiger partial charge is 0.495 e. The van der Waals surface area contributed by atoms with Gasteiger partial charge in [0.25, 0.3) is 6.43 Å². The van der Waals surface area contributed by atoms with Crippen LogP contribution in [0.5, 0.6) is 5.75 Å². The van der Waals surface area contributed by atoms with E-state index >= 15 is 0 Å². The summed E-state index contributed by atoms with van der Waals surface area (Å²) < 4.78 is 36.6. The van der Waals surface area contributed by atoms with Crippen LogP contribution in [0.1, 0.15) is 22.5 Å². The molecule has 2 N–H and O–H groups in total. The number of nitrogens with zero attached hydrogens (tertiary/aromatic N) is 1. The average molecular weight is 377 g/mol. The number of ether oxygens (including phenoxy) is 2. The number of rotatable bonds is 4. The van der Waals surface area contributed by atoms with E-state index in [2.05, 4.69) is 9.72 Å². The van der Waals surface area contributed by atoms with E-state index in [1.807, 2.05) is 0 Å². The lowest BCUT2D eigenvalue weighted by Gasteiger charge is -2.15. The lowest BCUT2D eigenvalue weighted by Crippen LogP contribution is -2.08. The van der Waals surface area contributed by atoms with Gasteiger partial charge in [0.15, 0.2) is 5.69 Å². The summed E-state index contributed by atoms with van der Waals surface area (Å²) in [6, 6.07) is 4.00. The summed E-state index contributed by atoms with van der Waals surface area (Å²) in [6.45, 7) is 0. The van der Waals surface area contributed by atoms with E-state index in [0.29, 0.717) is 0 Å². The van der Waals surface area contributed by atoms with Crippen molar-refractivity contribution in [3.8, 4) is 17.0 Å². The van der Waals surface area contributed by atoms with Crippen LogP contribution in [-0.2, 0) is 4.74 Å². The molecule has 128 valence electrons. The van der Waals surface area contributed by atoms with Gasteiger partial charge < -0.3 is 15.2 Å². The summed E-state index contributed by atoms with van der Waals surface area (Å²) in [5.74, 6) is -1.02. The summed E-state index contributed by atoms with van der Waals surface area (Å²) in [7, 11) is 2.36. The smallest absolute Gasteiger partial charge is 0.358 e. The second-order valence-corrected chi connectivity index (χ2v) is 5.38. The van der Waals surface area contributed by atoms with Crippen LogP contribution in [-0.4, -0.2) is 25.2 Å². The molecule has 0 fully saturated rings. The molecular formula is C15H12Cl2F2N2O3.